The van der Waals surface area contributed by atoms with Gasteiger partial charge in [-0.3, -0.25) is 14.3 Å². The highest BCUT2D eigenvalue weighted by molar-refractivity contribution is 7.99. The van der Waals surface area contributed by atoms with Crippen LogP contribution in [-0.2, 0) is 4.79 Å². The van der Waals surface area contributed by atoms with Crippen LogP contribution in [0.4, 0.5) is 5.69 Å². The van der Waals surface area contributed by atoms with Crippen molar-refractivity contribution in [1.29, 1.82) is 0 Å². The number of carbonyl (C=O) groups excluding carboxylic acids is 1. The number of carbonyl (C=O) groups is 1. The third-order valence-electron chi connectivity index (χ3n) is 5.06. The summed E-state index contributed by atoms with van der Waals surface area (Å²) in [7, 11) is 1.57. The van der Waals surface area contributed by atoms with Gasteiger partial charge < -0.3 is 10.1 Å². The number of rotatable bonds is 7. The molecule has 4 rings (SSSR count). The number of amides is 1. The number of hydrogen-bond acceptors (Lipinski definition) is 6. The van der Waals surface area contributed by atoms with Crippen molar-refractivity contribution < 1.29 is 9.53 Å². The predicted molar refractivity (Wildman–Crippen MR) is 126 cm³/mol. The van der Waals surface area contributed by atoms with Crippen LogP contribution in [0.3, 0.4) is 0 Å². The van der Waals surface area contributed by atoms with Gasteiger partial charge in [0.15, 0.2) is 11.0 Å². The number of thioether (sulfide) groups is 1. The minimum absolute atomic E-state index is 0.158. The van der Waals surface area contributed by atoms with Gasteiger partial charge in [-0.2, -0.15) is 0 Å². The van der Waals surface area contributed by atoms with Crippen LogP contribution >= 0.6 is 11.8 Å². The first-order chi connectivity index (χ1) is 15.6. The largest absolute Gasteiger partial charge is 0.495 e. The Kier molecular flexibility index (Phi) is 6.51. The number of benzene rings is 2. The molecule has 32 heavy (non-hydrogen) atoms. The zero-order valence-corrected chi connectivity index (χ0v) is 18.9. The molecule has 0 bridgehead atoms. The number of pyridine rings is 1. The molecule has 2 aromatic heterocycles. The van der Waals surface area contributed by atoms with Crippen LogP contribution in [0.1, 0.15) is 11.1 Å². The lowest BCUT2D eigenvalue weighted by Crippen LogP contribution is -2.15. The second-order valence-electron chi connectivity index (χ2n) is 7.11. The van der Waals surface area contributed by atoms with Crippen LogP contribution < -0.4 is 10.1 Å². The normalized spacial score (nSPS) is 10.7. The summed E-state index contributed by atoms with van der Waals surface area (Å²) in [5, 5.41) is 12.3. The summed E-state index contributed by atoms with van der Waals surface area (Å²) in [5.74, 6) is 1.26. The summed E-state index contributed by atoms with van der Waals surface area (Å²) in [6.45, 7) is 4.13. The van der Waals surface area contributed by atoms with E-state index in [0.717, 1.165) is 16.8 Å². The van der Waals surface area contributed by atoms with E-state index in [1.165, 1.54) is 11.8 Å². The van der Waals surface area contributed by atoms with Gasteiger partial charge in [-0.25, -0.2) is 0 Å². The molecule has 0 radical (unpaired) electrons. The lowest BCUT2D eigenvalue weighted by molar-refractivity contribution is -0.113. The van der Waals surface area contributed by atoms with E-state index in [0.29, 0.717) is 28.1 Å². The van der Waals surface area contributed by atoms with Gasteiger partial charge in [-0.1, -0.05) is 42.1 Å². The van der Waals surface area contributed by atoms with Crippen molar-refractivity contribution in [3.8, 4) is 23.0 Å². The van der Waals surface area contributed by atoms with Crippen LogP contribution in [0.5, 0.6) is 5.75 Å². The smallest absolute Gasteiger partial charge is 0.234 e. The molecule has 8 heteroatoms. The Morgan fingerprint density at radius 2 is 1.84 bits per heavy atom. The van der Waals surface area contributed by atoms with E-state index in [9.17, 15) is 4.79 Å². The number of aromatic nitrogens is 4. The molecule has 0 aliphatic rings. The number of nitrogens with one attached hydrogen (secondary N) is 1. The molecule has 1 N–H and O–H groups in total. The molecule has 0 unspecified atom stereocenters. The average molecular weight is 446 g/mol. The Morgan fingerprint density at radius 3 is 2.62 bits per heavy atom. The maximum absolute atomic E-state index is 12.6. The van der Waals surface area contributed by atoms with E-state index in [2.05, 4.69) is 40.4 Å². The van der Waals surface area contributed by atoms with Crippen LogP contribution in [0, 0.1) is 13.8 Å². The number of aryl methyl sites for hydroxylation is 1. The Hall–Kier alpha value is -3.65. The van der Waals surface area contributed by atoms with E-state index in [4.69, 9.17) is 4.74 Å². The molecular formula is C24H23N5O2S. The quantitative estimate of drug-likeness (QED) is 0.416. The lowest BCUT2D eigenvalue weighted by Gasteiger charge is -2.14. The van der Waals surface area contributed by atoms with Crippen LogP contribution in [-0.4, -0.2) is 38.5 Å². The van der Waals surface area contributed by atoms with Crippen molar-refractivity contribution in [3.63, 3.8) is 0 Å². The number of nitrogens with zero attached hydrogens (tertiary/aromatic N) is 4. The zero-order chi connectivity index (χ0) is 22.5. The highest BCUT2D eigenvalue weighted by atomic mass is 32.2. The van der Waals surface area contributed by atoms with Crippen molar-refractivity contribution in [2.45, 2.75) is 19.0 Å². The van der Waals surface area contributed by atoms with Crippen molar-refractivity contribution in [3.05, 3.63) is 78.0 Å². The second-order valence-corrected chi connectivity index (χ2v) is 8.06. The molecule has 0 saturated carbocycles. The topological polar surface area (TPSA) is 81.9 Å². The van der Waals surface area contributed by atoms with E-state index < -0.39 is 0 Å². The van der Waals surface area contributed by atoms with Gasteiger partial charge in [0.05, 0.1) is 24.2 Å². The molecule has 0 saturated heterocycles. The molecule has 2 aromatic carbocycles. The Morgan fingerprint density at radius 1 is 1.03 bits per heavy atom. The minimum atomic E-state index is -0.158. The average Bonchev–Trinajstić information content (AvgIpc) is 3.24. The lowest BCUT2D eigenvalue weighted by atomic mass is 10.1. The number of hydrogen-bond donors (Lipinski definition) is 1. The van der Waals surface area contributed by atoms with Gasteiger partial charge >= 0.3 is 0 Å². The zero-order valence-electron chi connectivity index (χ0n) is 18.1. The third kappa shape index (κ3) is 4.50. The molecular weight excluding hydrogens is 422 g/mol. The first-order valence-electron chi connectivity index (χ1n) is 10.1. The first-order valence-corrected chi connectivity index (χ1v) is 11.1. The maximum atomic E-state index is 12.6. The predicted octanol–water partition coefficient (Wildman–Crippen LogP) is 4.69. The summed E-state index contributed by atoms with van der Waals surface area (Å²) in [6.07, 6.45) is 1.73. The molecule has 0 aliphatic carbocycles. The van der Waals surface area contributed by atoms with E-state index in [1.807, 2.05) is 47.0 Å². The minimum Gasteiger partial charge on any atom is -0.495 e. The van der Waals surface area contributed by atoms with Crippen LogP contribution in [0.2, 0.25) is 0 Å². The molecule has 4 aromatic rings. The molecule has 0 spiro atoms. The highest BCUT2D eigenvalue weighted by Gasteiger charge is 2.20. The molecule has 0 atom stereocenters. The van der Waals surface area contributed by atoms with Crippen molar-refractivity contribution in [1.82, 2.24) is 19.7 Å². The Labute approximate surface area is 190 Å². The monoisotopic (exact) mass is 445 g/mol. The van der Waals surface area contributed by atoms with Gasteiger partial charge in [0, 0.05) is 6.20 Å². The molecule has 0 fully saturated rings. The first kappa shape index (κ1) is 21.6. The van der Waals surface area contributed by atoms with Crippen LogP contribution in [0.15, 0.2) is 72.0 Å². The number of anilines is 1. The van der Waals surface area contributed by atoms with Gasteiger partial charge in [0.1, 0.15) is 11.4 Å². The second kappa shape index (κ2) is 9.65. The fourth-order valence-corrected chi connectivity index (χ4v) is 4.03. The van der Waals surface area contributed by atoms with E-state index >= 15 is 0 Å². The molecule has 162 valence electrons. The third-order valence-corrected chi connectivity index (χ3v) is 5.99. The maximum Gasteiger partial charge on any atom is 0.234 e. The van der Waals surface area contributed by atoms with Gasteiger partial charge in [0.25, 0.3) is 0 Å². The standard InChI is InChI=1S/C24H23N5O2S/c1-16-9-8-12-20(17(16)2)29-23(19-11-6-7-14-25-19)27-28-24(29)32-15-22(30)26-18-10-4-5-13-21(18)31-3/h4-14H,15H2,1-3H3,(H,26,30). The summed E-state index contributed by atoms with van der Waals surface area (Å²) in [4.78, 5) is 17.1. The summed E-state index contributed by atoms with van der Waals surface area (Å²) >= 11 is 1.32. The van der Waals surface area contributed by atoms with Gasteiger partial charge in [0.2, 0.25) is 5.91 Å². The molecule has 1 amide bonds. The summed E-state index contributed by atoms with van der Waals surface area (Å²) in [5.41, 5.74) is 4.58. The van der Waals surface area contributed by atoms with Crippen molar-refractivity contribution in [2.75, 3.05) is 18.2 Å². The molecule has 0 aliphatic heterocycles. The molecule has 2 heterocycles. The van der Waals surface area contributed by atoms with Crippen molar-refractivity contribution in [2.24, 2.45) is 0 Å². The van der Waals surface area contributed by atoms with Gasteiger partial charge in [-0.05, 0) is 55.3 Å². The van der Waals surface area contributed by atoms with E-state index in [1.54, 1.807) is 25.4 Å². The number of methoxy groups -OCH3 is 1. The number of ether oxygens (including phenoxy) is 1. The Bertz CT molecular complexity index is 1240. The van der Waals surface area contributed by atoms with Gasteiger partial charge in [-0.15, -0.1) is 10.2 Å². The number of para-hydroxylation sites is 2. The summed E-state index contributed by atoms with van der Waals surface area (Å²) in [6, 6.07) is 19.1. The fraction of sp³-hybridized carbons (Fsp3) is 0.167. The van der Waals surface area contributed by atoms with E-state index in [-0.39, 0.29) is 11.7 Å². The SMILES string of the molecule is COc1ccccc1NC(=O)CSc1nnc(-c2ccccn2)n1-c1cccc(C)c1C. The Balaban J connectivity index is 1.64. The summed E-state index contributed by atoms with van der Waals surface area (Å²) < 4.78 is 7.27. The highest BCUT2D eigenvalue weighted by Crippen LogP contribution is 2.30. The fourth-order valence-electron chi connectivity index (χ4n) is 3.28. The molecule has 7 nitrogen and oxygen atoms in total. The van der Waals surface area contributed by atoms with Crippen LogP contribution in [0.25, 0.3) is 17.2 Å². The van der Waals surface area contributed by atoms with Crippen molar-refractivity contribution >= 4 is 23.4 Å².